The number of morpholine rings is 1. The fraction of sp³-hybridized carbons (Fsp3) is 0.391. The van der Waals surface area contributed by atoms with Gasteiger partial charge < -0.3 is 20.3 Å². The van der Waals surface area contributed by atoms with Gasteiger partial charge in [-0.05, 0) is 67.3 Å². The van der Waals surface area contributed by atoms with E-state index in [1.54, 1.807) is 23.9 Å². The zero-order valence-corrected chi connectivity index (χ0v) is 20.4. The third-order valence-electron chi connectivity index (χ3n) is 5.25. The number of nitrogens with zero attached hydrogens (tertiary/aromatic N) is 1. The highest BCUT2D eigenvalue weighted by atomic mass is 35.5. The zero-order chi connectivity index (χ0) is 23.1. The molecular formula is C23H27Cl2N3O3S. The van der Waals surface area contributed by atoms with E-state index in [2.05, 4.69) is 21.6 Å². The Morgan fingerprint density at radius 3 is 2.56 bits per heavy atom. The van der Waals surface area contributed by atoms with Gasteiger partial charge >= 0.3 is 0 Å². The molecule has 0 bridgehead atoms. The van der Waals surface area contributed by atoms with Gasteiger partial charge in [-0.2, -0.15) is 11.8 Å². The summed E-state index contributed by atoms with van der Waals surface area (Å²) in [6, 6.07) is 9.92. The van der Waals surface area contributed by atoms with Crippen molar-refractivity contribution in [1.29, 1.82) is 0 Å². The summed E-state index contributed by atoms with van der Waals surface area (Å²) in [5, 5.41) is 6.47. The SMILES string of the molecule is CSCCC(NC(=O)c1ccc(Cl)cc1Cl)C(=O)Nc1ccc(N2CCOCC2)cc1C. The average molecular weight is 496 g/mol. The van der Waals surface area contributed by atoms with Crippen molar-refractivity contribution in [1.82, 2.24) is 5.32 Å². The van der Waals surface area contributed by atoms with Crippen molar-refractivity contribution in [2.45, 2.75) is 19.4 Å². The molecule has 172 valence electrons. The minimum absolute atomic E-state index is 0.244. The number of hydrogen-bond acceptors (Lipinski definition) is 5. The zero-order valence-electron chi connectivity index (χ0n) is 18.1. The number of thioether (sulfide) groups is 1. The Bertz CT molecular complexity index is 967. The van der Waals surface area contributed by atoms with E-state index in [4.69, 9.17) is 27.9 Å². The third kappa shape index (κ3) is 6.54. The normalized spacial score (nSPS) is 14.7. The molecule has 0 aliphatic carbocycles. The van der Waals surface area contributed by atoms with Crippen LogP contribution in [0.15, 0.2) is 36.4 Å². The number of carbonyl (C=O) groups is 2. The predicted octanol–water partition coefficient (Wildman–Crippen LogP) is 4.63. The van der Waals surface area contributed by atoms with Gasteiger partial charge in [0.25, 0.3) is 5.91 Å². The van der Waals surface area contributed by atoms with Crippen LogP contribution in [-0.2, 0) is 9.53 Å². The minimum Gasteiger partial charge on any atom is -0.378 e. The minimum atomic E-state index is -0.694. The van der Waals surface area contributed by atoms with Crippen molar-refractivity contribution in [3.8, 4) is 0 Å². The molecule has 1 atom stereocenters. The van der Waals surface area contributed by atoms with Gasteiger partial charge in [-0.3, -0.25) is 9.59 Å². The molecule has 32 heavy (non-hydrogen) atoms. The van der Waals surface area contributed by atoms with Crippen LogP contribution in [0.3, 0.4) is 0 Å². The summed E-state index contributed by atoms with van der Waals surface area (Å²) < 4.78 is 5.41. The number of benzene rings is 2. The van der Waals surface area contributed by atoms with E-state index in [-0.39, 0.29) is 16.5 Å². The lowest BCUT2D eigenvalue weighted by Gasteiger charge is -2.29. The van der Waals surface area contributed by atoms with Gasteiger partial charge in [0.2, 0.25) is 5.91 Å². The smallest absolute Gasteiger partial charge is 0.253 e. The number of rotatable bonds is 8. The maximum atomic E-state index is 13.0. The Labute approximate surface area is 203 Å². The Morgan fingerprint density at radius 2 is 1.91 bits per heavy atom. The van der Waals surface area contributed by atoms with Crippen LogP contribution in [0, 0.1) is 6.92 Å². The van der Waals surface area contributed by atoms with Crippen molar-refractivity contribution in [2.75, 3.05) is 48.5 Å². The maximum Gasteiger partial charge on any atom is 0.253 e. The van der Waals surface area contributed by atoms with Gasteiger partial charge in [0.1, 0.15) is 6.04 Å². The van der Waals surface area contributed by atoms with E-state index in [0.717, 1.165) is 35.8 Å². The molecule has 1 aliphatic rings. The predicted molar refractivity (Wildman–Crippen MR) is 134 cm³/mol. The number of nitrogens with one attached hydrogen (secondary N) is 2. The molecule has 2 amide bonds. The van der Waals surface area contributed by atoms with Crippen molar-refractivity contribution in [3.63, 3.8) is 0 Å². The monoisotopic (exact) mass is 495 g/mol. The molecule has 1 saturated heterocycles. The summed E-state index contributed by atoms with van der Waals surface area (Å²) in [5.41, 5.74) is 3.07. The molecule has 0 saturated carbocycles. The van der Waals surface area contributed by atoms with E-state index >= 15 is 0 Å². The summed E-state index contributed by atoms with van der Waals surface area (Å²) in [7, 11) is 0. The van der Waals surface area contributed by atoms with Crippen molar-refractivity contribution < 1.29 is 14.3 Å². The van der Waals surface area contributed by atoms with E-state index in [0.29, 0.717) is 24.7 Å². The summed E-state index contributed by atoms with van der Waals surface area (Å²) in [4.78, 5) is 28.1. The Hall–Kier alpha value is -1.93. The summed E-state index contributed by atoms with van der Waals surface area (Å²) >= 11 is 13.7. The highest BCUT2D eigenvalue weighted by Gasteiger charge is 2.23. The molecule has 0 radical (unpaired) electrons. The van der Waals surface area contributed by atoms with Crippen molar-refractivity contribution in [3.05, 3.63) is 57.6 Å². The van der Waals surface area contributed by atoms with Gasteiger partial charge in [0, 0.05) is 29.5 Å². The fourth-order valence-electron chi connectivity index (χ4n) is 3.44. The first kappa shape index (κ1) is 24.7. The van der Waals surface area contributed by atoms with Crippen molar-refractivity contribution in [2.24, 2.45) is 0 Å². The Kier molecular flexibility index (Phi) is 9.11. The molecule has 3 rings (SSSR count). The van der Waals surface area contributed by atoms with Crippen LogP contribution in [0.1, 0.15) is 22.3 Å². The van der Waals surface area contributed by atoms with Crippen molar-refractivity contribution >= 4 is 58.2 Å². The number of aryl methyl sites for hydroxylation is 1. The molecule has 1 unspecified atom stereocenters. The lowest BCUT2D eigenvalue weighted by molar-refractivity contribution is -0.118. The standard InChI is InChI=1S/C23H27Cl2N3O3S/c1-15-13-17(28-8-10-31-11-9-28)4-6-20(15)26-23(30)21(7-12-32-2)27-22(29)18-5-3-16(24)14-19(18)25/h3-6,13-14,21H,7-12H2,1-2H3,(H,26,30)(H,27,29). The molecule has 6 nitrogen and oxygen atoms in total. The summed E-state index contributed by atoms with van der Waals surface area (Å²) in [6.45, 7) is 5.09. The van der Waals surface area contributed by atoms with Crippen LogP contribution in [-0.4, -0.2) is 56.2 Å². The molecule has 2 aromatic rings. The molecule has 1 aliphatic heterocycles. The second-order valence-electron chi connectivity index (χ2n) is 7.52. The second-order valence-corrected chi connectivity index (χ2v) is 9.35. The summed E-state index contributed by atoms with van der Waals surface area (Å²) in [5.74, 6) is 0.0498. The molecule has 2 N–H and O–H groups in total. The fourth-order valence-corrected chi connectivity index (χ4v) is 4.41. The van der Waals surface area contributed by atoms with Crippen LogP contribution in [0.2, 0.25) is 10.0 Å². The number of halogens is 2. The van der Waals surface area contributed by atoms with Gasteiger partial charge in [0.15, 0.2) is 0 Å². The van der Waals surface area contributed by atoms with Crippen LogP contribution in [0.5, 0.6) is 0 Å². The first-order valence-electron chi connectivity index (χ1n) is 10.4. The first-order valence-corrected chi connectivity index (χ1v) is 12.5. The molecular weight excluding hydrogens is 469 g/mol. The largest absolute Gasteiger partial charge is 0.378 e. The molecule has 1 heterocycles. The van der Waals surface area contributed by atoms with Gasteiger partial charge in [-0.15, -0.1) is 0 Å². The van der Waals surface area contributed by atoms with E-state index in [1.165, 1.54) is 6.07 Å². The van der Waals surface area contributed by atoms with Gasteiger partial charge in [0.05, 0.1) is 23.8 Å². The van der Waals surface area contributed by atoms with Gasteiger partial charge in [-0.1, -0.05) is 23.2 Å². The van der Waals surface area contributed by atoms with E-state index < -0.39 is 11.9 Å². The van der Waals surface area contributed by atoms with E-state index in [1.807, 2.05) is 25.3 Å². The Morgan fingerprint density at radius 1 is 1.16 bits per heavy atom. The average Bonchev–Trinajstić information content (AvgIpc) is 2.78. The molecule has 9 heteroatoms. The van der Waals surface area contributed by atoms with Gasteiger partial charge in [-0.25, -0.2) is 0 Å². The number of ether oxygens (including phenoxy) is 1. The summed E-state index contributed by atoms with van der Waals surface area (Å²) in [6.07, 6.45) is 2.45. The molecule has 2 aromatic carbocycles. The number of hydrogen-bond donors (Lipinski definition) is 2. The molecule has 0 aromatic heterocycles. The number of amides is 2. The second kappa shape index (κ2) is 11.8. The number of anilines is 2. The number of carbonyl (C=O) groups excluding carboxylic acids is 2. The molecule has 0 spiro atoms. The lowest BCUT2D eigenvalue weighted by atomic mass is 10.1. The molecule has 1 fully saturated rings. The van der Waals surface area contributed by atoms with Crippen LogP contribution in [0.25, 0.3) is 0 Å². The van der Waals surface area contributed by atoms with Crippen LogP contribution < -0.4 is 15.5 Å². The maximum absolute atomic E-state index is 13.0. The third-order valence-corrected chi connectivity index (χ3v) is 6.44. The quantitative estimate of drug-likeness (QED) is 0.558. The van der Waals surface area contributed by atoms with Crippen LogP contribution >= 0.6 is 35.0 Å². The Balaban J connectivity index is 1.70. The van der Waals surface area contributed by atoms with Crippen LogP contribution in [0.4, 0.5) is 11.4 Å². The highest BCUT2D eigenvalue weighted by Crippen LogP contribution is 2.24. The van der Waals surface area contributed by atoms with E-state index in [9.17, 15) is 9.59 Å². The first-order chi connectivity index (χ1) is 15.4. The lowest BCUT2D eigenvalue weighted by Crippen LogP contribution is -2.44. The highest BCUT2D eigenvalue weighted by molar-refractivity contribution is 7.98. The topological polar surface area (TPSA) is 70.7 Å².